The molecule has 2 atom stereocenters. The van der Waals surface area contributed by atoms with Gasteiger partial charge in [0.25, 0.3) is 0 Å². The van der Waals surface area contributed by atoms with E-state index in [1.165, 1.54) is 0 Å². The van der Waals surface area contributed by atoms with Gasteiger partial charge >= 0.3 is 0 Å². The van der Waals surface area contributed by atoms with Crippen molar-refractivity contribution in [3.63, 3.8) is 0 Å². The third-order valence-electron chi connectivity index (χ3n) is 1.13. The van der Waals surface area contributed by atoms with Crippen LogP contribution in [0.15, 0.2) is 0 Å². The second-order valence-electron chi connectivity index (χ2n) is 2.07. The Morgan fingerprint density at radius 1 is 1.82 bits per heavy atom. The van der Waals surface area contributed by atoms with Gasteiger partial charge < -0.3 is 5.73 Å². The largest absolute Gasteiger partial charge is 0.370 e. The first-order valence-electron chi connectivity index (χ1n) is 3.13. The Bertz CT molecular complexity index is 209. The Morgan fingerprint density at radius 3 is 2.73 bits per heavy atom. The van der Waals surface area contributed by atoms with Gasteiger partial charge in [0.15, 0.2) is 0 Å². The maximum absolute atomic E-state index is 11.0. The number of hydrogen-bond donors (Lipinski definition) is 1. The summed E-state index contributed by atoms with van der Waals surface area (Å²) in [4.78, 5) is 10.2. The molecule has 0 spiro atoms. The van der Waals surface area contributed by atoms with Crippen LogP contribution in [0.1, 0.15) is 13.3 Å². The van der Waals surface area contributed by atoms with Crippen molar-refractivity contribution < 1.29 is 9.00 Å². The topological polar surface area (TPSA) is 83.9 Å². The molecule has 4 nitrogen and oxygen atoms in total. The van der Waals surface area contributed by atoms with Gasteiger partial charge in [0.05, 0.1) is 6.07 Å². The lowest BCUT2D eigenvalue weighted by Crippen LogP contribution is -2.18. The highest BCUT2D eigenvalue weighted by molar-refractivity contribution is 7.85. The van der Waals surface area contributed by atoms with Gasteiger partial charge in [-0.05, 0) is 6.92 Å². The van der Waals surface area contributed by atoms with Crippen molar-refractivity contribution in [3.05, 3.63) is 0 Å². The summed E-state index contributed by atoms with van der Waals surface area (Å²) in [7, 11) is -1.25. The summed E-state index contributed by atoms with van der Waals surface area (Å²) in [5.41, 5.74) is 4.83. The molecule has 0 aromatic carbocycles. The Kier molecular flexibility index (Phi) is 4.46. The Labute approximate surface area is 67.8 Å². The van der Waals surface area contributed by atoms with Gasteiger partial charge in [0.2, 0.25) is 5.91 Å². The normalized spacial score (nSPS) is 14.9. The first-order chi connectivity index (χ1) is 5.07. The molecule has 0 rings (SSSR count). The van der Waals surface area contributed by atoms with Gasteiger partial charge in [-0.3, -0.25) is 9.00 Å². The molecule has 0 aromatic heterocycles. The van der Waals surface area contributed by atoms with Gasteiger partial charge in [0, 0.05) is 23.0 Å². The van der Waals surface area contributed by atoms with Gasteiger partial charge in [-0.2, -0.15) is 5.26 Å². The molecular weight excluding hydrogens is 164 g/mol. The Morgan fingerprint density at radius 2 is 2.36 bits per heavy atom. The standard InChI is InChI=1S/C6H10N2O2S/c1-5(4-7)11(10)3-2-6(8)9/h5H,2-3H2,1H3,(H2,8,9). The van der Waals surface area contributed by atoms with Crippen molar-refractivity contribution in [3.8, 4) is 6.07 Å². The lowest BCUT2D eigenvalue weighted by Gasteiger charge is -1.99. The molecule has 0 heterocycles. The fourth-order valence-electron chi connectivity index (χ4n) is 0.437. The number of primary amides is 1. The Hall–Kier alpha value is -0.890. The van der Waals surface area contributed by atoms with E-state index in [2.05, 4.69) is 0 Å². The van der Waals surface area contributed by atoms with Crippen LogP contribution >= 0.6 is 0 Å². The van der Waals surface area contributed by atoms with Crippen LogP contribution in [0.25, 0.3) is 0 Å². The molecule has 5 heteroatoms. The zero-order chi connectivity index (χ0) is 8.85. The Balaban J connectivity index is 3.72. The monoisotopic (exact) mass is 174 g/mol. The van der Waals surface area contributed by atoms with Crippen LogP contribution in [-0.4, -0.2) is 21.1 Å². The molecule has 0 aliphatic rings. The smallest absolute Gasteiger partial charge is 0.218 e. The highest BCUT2D eigenvalue weighted by Gasteiger charge is 2.09. The first-order valence-corrected chi connectivity index (χ1v) is 4.51. The van der Waals surface area contributed by atoms with Crippen LogP contribution < -0.4 is 5.73 Å². The minimum Gasteiger partial charge on any atom is -0.370 e. The van der Waals surface area contributed by atoms with Gasteiger partial charge in [0.1, 0.15) is 5.25 Å². The highest BCUT2D eigenvalue weighted by atomic mass is 32.2. The number of carbonyl (C=O) groups excluding carboxylic acids is 1. The van der Waals surface area contributed by atoms with E-state index in [1.54, 1.807) is 6.92 Å². The third-order valence-corrected chi connectivity index (χ3v) is 2.63. The molecule has 0 saturated carbocycles. The van der Waals surface area contributed by atoms with E-state index in [1.807, 2.05) is 6.07 Å². The molecule has 11 heavy (non-hydrogen) atoms. The molecule has 2 N–H and O–H groups in total. The van der Waals surface area contributed by atoms with Crippen molar-refractivity contribution in [1.82, 2.24) is 0 Å². The molecule has 0 aliphatic carbocycles. The van der Waals surface area contributed by atoms with Crippen molar-refractivity contribution >= 4 is 16.7 Å². The third kappa shape index (κ3) is 4.51. The lowest BCUT2D eigenvalue weighted by atomic mass is 10.5. The molecular formula is C6H10N2O2S. The molecule has 0 aliphatic heterocycles. The summed E-state index contributed by atoms with van der Waals surface area (Å²) < 4.78 is 11.0. The zero-order valence-corrected chi connectivity index (χ0v) is 7.06. The maximum atomic E-state index is 11.0. The molecule has 2 unspecified atom stereocenters. The van der Waals surface area contributed by atoms with Crippen LogP contribution in [-0.2, 0) is 15.6 Å². The van der Waals surface area contributed by atoms with E-state index in [0.29, 0.717) is 0 Å². The molecule has 0 radical (unpaired) electrons. The molecule has 1 amide bonds. The number of nitrogens with two attached hydrogens (primary N) is 1. The molecule has 0 bridgehead atoms. The molecule has 0 fully saturated rings. The maximum Gasteiger partial charge on any atom is 0.218 e. The molecule has 62 valence electrons. The number of hydrogen-bond acceptors (Lipinski definition) is 3. The average molecular weight is 174 g/mol. The second-order valence-corrected chi connectivity index (χ2v) is 3.95. The van der Waals surface area contributed by atoms with Crippen molar-refractivity contribution in [2.75, 3.05) is 5.75 Å². The quantitative estimate of drug-likeness (QED) is 0.625. The van der Waals surface area contributed by atoms with E-state index >= 15 is 0 Å². The van der Waals surface area contributed by atoms with Crippen LogP contribution in [0.2, 0.25) is 0 Å². The fraction of sp³-hybridized carbons (Fsp3) is 0.667. The second kappa shape index (κ2) is 4.85. The lowest BCUT2D eigenvalue weighted by molar-refractivity contribution is -0.117. The predicted molar refractivity (Wildman–Crippen MR) is 41.9 cm³/mol. The van der Waals surface area contributed by atoms with E-state index in [-0.39, 0.29) is 12.2 Å². The van der Waals surface area contributed by atoms with E-state index < -0.39 is 22.0 Å². The minimum absolute atomic E-state index is 0.0820. The number of rotatable bonds is 4. The van der Waals surface area contributed by atoms with Crippen LogP contribution in [0, 0.1) is 11.3 Å². The number of amides is 1. The minimum atomic E-state index is -1.25. The summed E-state index contributed by atoms with van der Waals surface area (Å²) in [6.45, 7) is 1.55. The fourth-order valence-corrected chi connectivity index (χ4v) is 1.31. The summed E-state index contributed by atoms with van der Waals surface area (Å²) >= 11 is 0. The van der Waals surface area contributed by atoms with Crippen LogP contribution in [0.5, 0.6) is 0 Å². The summed E-state index contributed by atoms with van der Waals surface area (Å²) in [5, 5.41) is 7.79. The summed E-state index contributed by atoms with van der Waals surface area (Å²) in [5.74, 6) is -0.298. The summed E-state index contributed by atoms with van der Waals surface area (Å²) in [6, 6.07) is 1.84. The average Bonchev–Trinajstić information content (AvgIpc) is 1.98. The number of nitriles is 1. The van der Waals surface area contributed by atoms with Crippen molar-refractivity contribution in [2.24, 2.45) is 5.73 Å². The SMILES string of the molecule is CC(C#N)S(=O)CCC(N)=O. The van der Waals surface area contributed by atoms with Crippen LogP contribution in [0.3, 0.4) is 0 Å². The van der Waals surface area contributed by atoms with E-state index in [0.717, 1.165) is 0 Å². The highest BCUT2D eigenvalue weighted by Crippen LogP contribution is 1.95. The van der Waals surface area contributed by atoms with E-state index in [4.69, 9.17) is 11.0 Å². The van der Waals surface area contributed by atoms with Crippen molar-refractivity contribution in [2.45, 2.75) is 18.6 Å². The molecule has 0 saturated heterocycles. The number of nitrogens with zero attached hydrogens (tertiary/aromatic N) is 1. The van der Waals surface area contributed by atoms with E-state index in [9.17, 15) is 9.00 Å². The van der Waals surface area contributed by atoms with Gasteiger partial charge in [-0.25, -0.2) is 0 Å². The molecule has 0 aromatic rings. The van der Waals surface area contributed by atoms with Gasteiger partial charge in [-0.15, -0.1) is 0 Å². The van der Waals surface area contributed by atoms with Gasteiger partial charge in [-0.1, -0.05) is 0 Å². The predicted octanol–water partition coefficient (Wildman–Crippen LogP) is -0.477. The number of carbonyl (C=O) groups is 1. The summed E-state index contributed by atoms with van der Waals surface area (Å²) in [6.07, 6.45) is 0.0820. The zero-order valence-electron chi connectivity index (χ0n) is 6.24. The first kappa shape index (κ1) is 10.1. The van der Waals surface area contributed by atoms with Crippen LogP contribution in [0.4, 0.5) is 0 Å². The van der Waals surface area contributed by atoms with Crippen molar-refractivity contribution in [1.29, 1.82) is 5.26 Å².